The number of imidazole rings is 1. The van der Waals surface area contributed by atoms with E-state index < -0.39 is 35.2 Å². The lowest BCUT2D eigenvalue weighted by molar-refractivity contribution is 0.0725. The summed E-state index contributed by atoms with van der Waals surface area (Å²) in [6.07, 6.45) is 2.74. The fourth-order valence-corrected chi connectivity index (χ4v) is 3.64. The molecule has 4 rings (SSSR count). The highest BCUT2D eigenvalue weighted by atomic mass is 19.2. The van der Waals surface area contributed by atoms with Crippen LogP contribution >= 0.6 is 0 Å². The number of fused-ring (bicyclic) bond motifs is 1. The van der Waals surface area contributed by atoms with Crippen molar-refractivity contribution in [1.82, 2.24) is 19.9 Å². The third kappa shape index (κ3) is 3.06. The second kappa shape index (κ2) is 7.12. The average Bonchev–Trinajstić information content (AvgIpc) is 3.35. The number of hydrogen-bond acceptors (Lipinski definition) is 5. The van der Waals surface area contributed by atoms with Gasteiger partial charge in [-0.2, -0.15) is 4.39 Å². The summed E-state index contributed by atoms with van der Waals surface area (Å²) in [5.41, 5.74) is 6.19. The number of ether oxygens (including phenoxy) is 1. The Balaban J connectivity index is 1.73. The normalized spacial score (nSPS) is 16.4. The number of benzene rings is 1. The molecule has 3 aromatic rings. The molecule has 2 amide bonds. The number of pyridine rings is 1. The van der Waals surface area contributed by atoms with Crippen molar-refractivity contribution in [2.45, 2.75) is 18.9 Å². The van der Waals surface area contributed by atoms with Crippen molar-refractivity contribution >= 4 is 22.8 Å². The highest BCUT2D eigenvalue weighted by Gasteiger charge is 2.35. The second-order valence-electron chi connectivity index (χ2n) is 6.64. The quantitative estimate of drug-likeness (QED) is 0.696. The molecule has 29 heavy (non-hydrogen) atoms. The van der Waals surface area contributed by atoms with Gasteiger partial charge in [-0.05, 0) is 31.0 Å². The first-order valence-electron chi connectivity index (χ1n) is 8.89. The van der Waals surface area contributed by atoms with Crippen molar-refractivity contribution in [2.24, 2.45) is 5.73 Å². The van der Waals surface area contributed by atoms with Crippen molar-refractivity contribution in [1.29, 1.82) is 0 Å². The molecule has 3 N–H and O–H groups in total. The zero-order valence-corrected chi connectivity index (χ0v) is 15.4. The van der Waals surface area contributed by atoms with Crippen LogP contribution in [0.4, 0.5) is 8.78 Å². The maximum absolute atomic E-state index is 14.0. The van der Waals surface area contributed by atoms with E-state index >= 15 is 0 Å². The summed E-state index contributed by atoms with van der Waals surface area (Å²) in [5, 5.41) is 0. The number of halogens is 2. The summed E-state index contributed by atoms with van der Waals surface area (Å²) in [6.45, 7) is 0.406. The number of aromatic amines is 1. The number of methoxy groups -OCH3 is 1. The Labute approximate surface area is 163 Å². The zero-order chi connectivity index (χ0) is 20.7. The lowest BCUT2D eigenvalue weighted by atomic mass is 10.1. The van der Waals surface area contributed by atoms with Crippen molar-refractivity contribution < 1.29 is 23.1 Å². The smallest absolute Gasteiger partial charge is 0.269 e. The number of primary amides is 1. The summed E-state index contributed by atoms with van der Waals surface area (Å²) in [4.78, 5) is 37.7. The summed E-state index contributed by atoms with van der Waals surface area (Å²) in [7, 11) is 1.17. The maximum atomic E-state index is 14.0. The largest absolute Gasteiger partial charge is 0.493 e. The van der Waals surface area contributed by atoms with Crippen LogP contribution in [-0.2, 0) is 0 Å². The molecule has 150 valence electrons. The van der Waals surface area contributed by atoms with E-state index in [1.54, 1.807) is 6.07 Å². The van der Waals surface area contributed by atoms with Gasteiger partial charge in [0.25, 0.3) is 11.8 Å². The molecule has 1 aliphatic rings. The van der Waals surface area contributed by atoms with Gasteiger partial charge < -0.3 is 20.4 Å². The van der Waals surface area contributed by atoms with Gasteiger partial charge in [0.05, 0.1) is 24.2 Å². The highest BCUT2D eigenvalue weighted by molar-refractivity contribution is 6.02. The van der Waals surface area contributed by atoms with Crippen LogP contribution in [0.5, 0.6) is 5.75 Å². The first kappa shape index (κ1) is 18.8. The second-order valence-corrected chi connectivity index (χ2v) is 6.64. The zero-order valence-electron chi connectivity index (χ0n) is 15.4. The molecule has 3 heterocycles. The van der Waals surface area contributed by atoms with Crippen LogP contribution in [0.25, 0.3) is 11.0 Å². The Morgan fingerprint density at radius 1 is 1.31 bits per heavy atom. The van der Waals surface area contributed by atoms with Crippen molar-refractivity contribution in [3.63, 3.8) is 0 Å². The van der Waals surface area contributed by atoms with Crippen LogP contribution in [0.15, 0.2) is 24.4 Å². The van der Waals surface area contributed by atoms with Crippen LogP contribution < -0.4 is 10.5 Å². The van der Waals surface area contributed by atoms with Gasteiger partial charge in [0.15, 0.2) is 17.3 Å². The van der Waals surface area contributed by atoms with Gasteiger partial charge in [-0.15, -0.1) is 0 Å². The standard InChI is InChI=1S/C19H17F2N5O3/c1-29-16-9(4-5-10(20)13(16)21)19(28)26-8-2-3-12(26)18-24-11-6-7-23-15(17(22)27)14(11)25-18/h4-7,12H,2-3,8H2,1H3,(H2,22,27)(H,24,25). The Morgan fingerprint density at radius 3 is 2.83 bits per heavy atom. The van der Waals surface area contributed by atoms with Crippen LogP contribution in [0.1, 0.15) is 45.6 Å². The minimum Gasteiger partial charge on any atom is -0.493 e. The predicted octanol–water partition coefficient (Wildman–Crippen LogP) is 2.32. The number of rotatable bonds is 4. The lowest BCUT2D eigenvalue weighted by Crippen LogP contribution is -2.31. The van der Waals surface area contributed by atoms with E-state index in [2.05, 4.69) is 15.0 Å². The first-order chi connectivity index (χ1) is 13.9. The van der Waals surface area contributed by atoms with E-state index in [1.165, 1.54) is 24.3 Å². The van der Waals surface area contributed by atoms with E-state index in [9.17, 15) is 18.4 Å². The van der Waals surface area contributed by atoms with Gasteiger partial charge in [-0.25, -0.2) is 14.4 Å². The molecule has 1 fully saturated rings. The van der Waals surface area contributed by atoms with Crippen molar-refractivity contribution in [2.75, 3.05) is 13.7 Å². The number of likely N-dealkylation sites (tertiary alicyclic amines) is 1. The molecule has 1 unspecified atom stereocenters. The molecule has 0 radical (unpaired) electrons. The molecule has 10 heteroatoms. The van der Waals surface area contributed by atoms with Gasteiger partial charge in [0.1, 0.15) is 11.3 Å². The number of carbonyl (C=O) groups excluding carboxylic acids is 2. The van der Waals surface area contributed by atoms with Gasteiger partial charge in [0.2, 0.25) is 5.82 Å². The molecule has 0 saturated carbocycles. The third-order valence-electron chi connectivity index (χ3n) is 4.97. The Morgan fingerprint density at radius 2 is 2.10 bits per heavy atom. The number of amides is 2. The Bertz CT molecular complexity index is 1130. The van der Waals surface area contributed by atoms with Gasteiger partial charge in [0, 0.05) is 12.7 Å². The number of H-pyrrole nitrogens is 1. The minimum absolute atomic E-state index is 0.0307. The van der Waals surface area contributed by atoms with Crippen LogP contribution in [-0.4, -0.2) is 45.3 Å². The molecule has 0 bridgehead atoms. The molecule has 1 aromatic carbocycles. The average molecular weight is 401 g/mol. The van der Waals surface area contributed by atoms with Gasteiger partial charge in [-0.1, -0.05) is 0 Å². The molecule has 0 aliphatic carbocycles. The number of aromatic nitrogens is 3. The van der Waals surface area contributed by atoms with Crippen LogP contribution in [0.2, 0.25) is 0 Å². The molecule has 1 aliphatic heterocycles. The van der Waals surface area contributed by atoms with Gasteiger partial charge >= 0.3 is 0 Å². The number of hydrogen-bond donors (Lipinski definition) is 2. The molecular formula is C19H17F2N5O3. The van der Waals surface area contributed by atoms with E-state index in [-0.39, 0.29) is 11.3 Å². The van der Waals surface area contributed by atoms with Crippen LogP contribution in [0.3, 0.4) is 0 Å². The highest BCUT2D eigenvalue weighted by Crippen LogP contribution is 2.35. The Hall–Kier alpha value is -3.56. The maximum Gasteiger partial charge on any atom is 0.269 e. The topological polar surface area (TPSA) is 114 Å². The minimum atomic E-state index is -1.21. The fraction of sp³-hybridized carbons (Fsp3) is 0.263. The molecular weight excluding hydrogens is 384 g/mol. The summed E-state index contributed by atoms with van der Waals surface area (Å²) in [5.74, 6) is -3.50. The number of nitrogens with two attached hydrogens (primary N) is 1. The fourth-order valence-electron chi connectivity index (χ4n) is 3.64. The third-order valence-corrected chi connectivity index (χ3v) is 4.97. The number of carbonyl (C=O) groups is 2. The Kier molecular flexibility index (Phi) is 4.61. The summed E-state index contributed by atoms with van der Waals surface area (Å²) < 4.78 is 32.5. The molecule has 2 aromatic heterocycles. The SMILES string of the molecule is COc1c(C(=O)N2CCCC2c2nc3c(C(N)=O)nccc3[nH]2)ccc(F)c1F. The number of nitrogens with zero attached hydrogens (tertiary/aromatic N) is 3. The van der Waals surface area contributed by atoms with E-state index in [0.717, 1.165) is 6.07 Å². The predicted molar refractivity (Wildman–Crippen MR) is 98.3 cm³/mol. The van der Waals surface area contributed by atoms with Gasteiger partial charge in [-0.3, -0.25) is 9.59 Å². The number of nitrogens with one attached hydrogen (secondary N) is 1. The molecule has 1 atom stereocenters. The van der Waals surface area contributed by atoms with Crippen molar-refractivity contribution in [3.8, 4) is 5.75 Å². The van der Waals surface area contributed by atoms with E-state index in [1.807, 2.05) is 0 Å². The first-order valence-corrected chi connectivity index (χ1v) is 8.89. The monoisotopic (exact) mass is 401 g/mol. The summed E-state index contributed by atoms with van der Waals surface area (Å²) in [6, 6.07) is 3.30. The molecule has 8 nitrogen and oxygen atoms in total. The lowest BCUT2D eigenvalue weighted by Gasteiger charge is -2.24. The summed E-state index contributed by atoms with van der Waals surface area (Å²) >= 11 is 0. The van der Waals surface area contributed by atoms with E-state index in [4.69, 9.17) is 10.5 Å². The van der Waals surface area contributed by atoms with E-state index in [0.29, 0.717) is 36.2 Å². The van der Waals surface area contributed by atoms with Crippen LogP contribution in [0, 0.1) is 11.6 Å². The molecule has 0 spiro atoms. The molecule has 1 saturated heterocycles. The van der Waals surface area contributed by atoms with Crippen molar-refractivity contribution in [3.05, 3.63) is 53.1 Å².